The summed E-state index contributed by atoms with van der Waals surface area (Å²) in [6.07, 6.45) is 6.74. The van der Waals surface area contributed by atoms with E-state index in [0.29, 0.717) is 25.3 Å². The summed E-state index contributed by atoms with van der Waals surface area (Å²) >= 11 is 0. The molecule has 1 fully saturated rings. The third kappa shape index (κ3) is 7.18. The Morgan fingerprint density at radius 2 is 1.64 bits per heavy atom. The molecule has 1 aliphatic rings. The van der Waals surface area contributed by atoms with Crippen molar-refractivity contribution in [1.82, 2.24) is 10.2 Å². The third-order valence-corrected chi connectivity index (χ3v) is 6.99. The fourth-order valence-corrected chi connectivity index (χ4v) is 4.59. The lowest BCUT2D eigenvalue weighted by molar-refractivity contribution is -0.141. The highest BCUT2D eigenvalue weighted by molar-refractivity contribution is 5.87. The molecule has 4 heteroatoms. The van der Waals surface area contributed by atoms with Gasteiger partial charge in [-0.2, -0.15) is 0 Å². The van der Waals surface area contributed by atoms with Gasteiger partial charge in [-0.15, -0.1) is 0 Å². The molecular weight excluding hydrogens is 408 g/mol. The largest absolute Gasteiger partial charge is 0.352 e. The minimum atomic E-state index is -0.498. The molecule has 0 aromatic heterocycles. The maximum Gasteiger partial charge on any atom is 0.242 e. The molecule has 2 aromatic rings. The fraction of sp³-hybridized carbons (Fsp3) is 0.517. The van der Waals surface area contributed by atoms with Crippen molar-refractivity contribution < 1.29 is 9.59 Å². The maximum absolute atomic E-state index is 13.4. The predicted molar refractivity (Wildman–Crippen MR) is 135 cm³/mol. The second kappa shape index (κ2) is 12.0. The van der Waals surface area contributed by atoms with E-state index in [1.54, 1.807) is 4.90 Å². The number of hydrogen-bond acceptors (Lipinski definition) is 2. The molecule has 1 unspecified atom stereocenters. The van der Waals surface area contributed by atoms with Crippen molar-refractivity contribution in [2.75, 3.05) is 0 Å². The van der Waals surface area contributed by atoms with Gasteiger partial charge in [0.25, 0.3) is 0 Å². The average Bonchev–Trinajstić information content (AvgIpc) is 2.82. The van der Waals surface area contributed by atoms with Gasteiger partial charge < -0.3 is 10.2 Å². The molecule has 1 N–H and O–H groups in total. The second-order valence-corrected chi connectivity index (χ2v) is 9.86. The quantitative estimate of drug-likeness (QED) is 0.518. The molecule has 1 atom stereocenters. The topological polar surface area (TPSA) is 49.4 Å². The molecule has 33 heavy (non-hydrogen) atoms. The first-order valence-corrected chi connectivity index (χ1v) is 12.6. The normalized spacial score (nSPS) is 15.3. The molecule has 3 rings (SSSR count). The maximum atomic E-state index is 13.4. The van der Waals surface area contributed by atoms with Gasteiger partial charge in [-0.25, -0.2) is 0 Å². The molecule has 4 nitrogen and oxygen atoms in total. The van der Waals surface area contributed by atoms with Gasteiger partial charge in [0.15, 0.2) is 0 Å². The monoisotopic (exact) mass is 448 g/mol. The molecule has 0 heterocycles. The number of benzene rings is 2. The van der Waals surface area contributed by atoms with Crippen LogP contribution < -0.4 is 5.32 Å². The fourth-order valence-electron chi connectivity index (χ4n) is 4.59. The first-order valence-electron chi connectivity index (χ1n) is 12.6. The number of rotatable bonds is 9. The number of carbonyl (C=O) groups excluding carboxylic acids is 2. The summed E-state index contributed by atoms with van der Waals surface area (Å²) < 4.78 is 0. The summed E-state index contributed by atoms with van der Waals surface area (Å²) in [4.78, 5) is 28.3. The van der Waals surface area contributed by atoms with Crippen LogP contribution in [0, 0.1) is 6.92 Å². The van der Waals surface area contributed by atoms with Crippen LogP contribution >= 0.6 is 0 Å². The minimum absolute atomic E-state index is 0.0254. The summed E-state index contributed by atoms with van der Waals surface area (Å²) in [5, 5.41) is 3.21. The summed E-state index contributed by atoms with van der Waals surface area (Å²) in [6, 6.07) is 16.4. The van der Waals surface area contributed by atoms with E-state index in [1.807, 2.05) is 25.1 Å². The van der Waals surface area contributed by atoms with Gasteiger partial charge in [0.2, 0.25) is 11.8 Å². The number of amides is 2. The molecule has 178 valence electrons. The summed E-state index contributed by atoms with van der Waals surface area (Å²) in [5.41, 5.74) is 4.69. The van der Waals surface area contributed by atoms with Gasteiger partial charge in [0.1, 0.15) is 6.04 Å². The highest BCUT2D eigenvalue weighted by Gasteiger charge is 2.28. The van der Waals surface area contributed by atoms with Crippen LogP contribution in [0.25, 0.3) is 0 Å². The molecular formula is C29H40N2O2. The van der Waals surface area contributed by atoms with Gasteiger partial charge in [-0.05, 0) is 61.3 Å². The van der Waals surface area contributed by atoms with Crippen LogP contribution in [0.4, 0.5) is 0 Å². The van der Waals surface area contributed by atoms with Crippen LogP contribution in [0.15, 0.2) is 48.5 Å². The Kier molecular flexibility index (Phi) is 9.11. The van der Waals surface area contributed by atoms with E-state index in [2.05, 4.69) is 56.4 Å². The Balaban J connectivity index is 1.70. The van der Waals surface area contributed by atoms with Crippen LogP contribution in [-0.2, 0) is 22.6 Å². The molecule has 0 saturated heterocycles. The summed E-state index contributed by atoms with van der Waals surface area (Å²) in [6.45, 7) is 8.74. The van der Waals surface area contributed by atoms with Gasteiger partial charge >= 0.3 is 0 Å². The Morgan fingerprint density at radius 1 is 0.970 bits per heavy atom. The zero-order valence-corrected chi connectivity index (χ0v) is 20.8. The Labute approximate surface area is 199 Å². The first kappa shape index (κ1) is 25.0. The molecule has 0 spiro atoms. The Hall–Kier alpha value is -2.62. The molecule has 2 amide bonds. The third-order valence-electron chi connectivity index (χ3n) is 6.99. The van der Waals surface area contributed by atoms with Crippen LogP contribution in [0.3, 0.4) is 0 Å². The van der Waals surface area contributed by atoms with Crippen molar-refractivity contribution in [3.63, 3.8) is 0 Å². The number of nitrogens with zero attached hydrogens (tertiary/aromatic N) is 1. The first-order chi connectivity index (χ1) is 15.8. The molecule has 1 saturated carbocycles. The van der Waals surface area contributed by atoms with Gasteiger partial charge in [0, 0.05) is 19.0 Å². The second-order valence-electron chi connectivity index (χ2n) is 9.86. The van der Waals surface area contributed by atoms with E-state index in [4.69, 9.17) is 0 Å². The van der Waals surface area contributed by atoms with E-state index < -0.39 is 6.04 Å². The van der Waals surface area contributed by atoms with Crippen molar-refractivity contribution in [2.45, 2.75) is 97.2 Å². The number of carbonyl (C=O) groups is 2. The van der Waals surface area contributed by atoms with Crippen LogP contribution in [0.2, 0.25) is 0 Å². The smallest absolute Gasteiger partial charge is 0.242 e. The van der Waals surface area contributed by atoms with Gasteiger partial charge in [-0.1, -0.05) is 81.6 Å². The number of hydrogen-bond donors (Lipinski definition) is 1. The summed E-state index contributed by atoms with van der Waals surface area (Å²) in [7, 11) is 0. The highest BCUT2D eigenvalue weighted by Crippen LogP contribution is 2.20. The van der Waals surface area contributed by atoms with Crippen molar-refractivity contribution in [2.24, 2.45) is 0 Å². The molecule has 0 aliphatic heterocycles. The molecule has 0 bridgehead atoms. The highest BCUT2D eigenvalue weighted by atomic mass is 16.2. The van der Waals surface area contributed by atoms with Gasteiger partial charge in [-0.3, -0.25) is 9.59 Å². The average molecular weight is 449 g/mol. The lowest BCUT2D eigenvalue weighted by atomic mass is 9.95. The summed E-state index contributed by atoms with van der Waals surface area (Å²) in [5.74, 6) is 0.483. The standard InChI is InChI=1S/C29H40N2O2/c1-21(2)25-17-14-24(15-18-25)16-19-28(32)31(20-26-11-9-8-10-22(26)3)23(4)29(33)30-27-12-6-5-7-13-27/h8-11,14-15,17-18,21,23,27H,5-7,12-13,16,19-20H2,1-4H3,(H,30,33). The van der Waals surface area contributed by atoms with E-state index in [1.165, 1.54) is 24.8 Å². The van der Waals surface area contributed by atoms with Crippen molar-refractivity contribution >= 4 is 11.8 Å². The SMILES string of the molecule is Cc1ccccc1CN(C(=O)CCc1ccc(C(C)C)cc1)C(C)C(=O)NC1CCCCC1. The van der Waals surface area contributed by atoms with Crippen LogP contribution in [0.1, 0.15) is 87.5 Å². The van der Waals surface area contributed by atoms with Crippen LogP contribution in [-0.4, -0.2) is 28.8 Å². The lowest BCUT2D eigenvalue weighted by Crippen LogP contribution is -2.50. The lowest BCUT2D eigenvalue weighted by Gasteiger charge is -2.31. The van der Waals surface area contributed by atoms with E-state index in [0.717, 1.165) is 29.5 Å². The number of aryl methyl sites for hydroxylation is 2. The van der Waals surface area contributed by atoms with Crippen molar-refractivity contribution in [3.8, 4) is 0 Å². The molecule has 2 aromatic carbocycles. The van der Waals surface area contributed by atoms with Gasteiger partial charge in [0.05, 0.1) is 0 Å². The predicted octanol–water partition coefficient (Wildman–Crippen LogP) is 5.92. The van der Waals surface area contributed by atoms with E-state index in [9.17, 15) is 9.59 Å². The Morgan fingerprint density at radius 3 is 2.27 bits per heavy atom. The van der Waals surface area contributed by atoms with Crippen LogP contribution in [0.5, 0.6) is 0 Å². The molecule has 0 radical (unpaired) electrons. The van der Waals surface area contributed by atoms with Crippen molar-refractivity contribution in [3.05, 3.63) is 70.8 Å². The van der Waals surface area contributed by atoms with E-state index in [-0.39, 0.29) is 17.9 Å². The number of nitrogens with one attached hydrogen (secondary N) is 1. The van der Waals surface area contributed by atoms with E-state index >= 15 is 0 Å². The zero-order chi connectivity index (χ0) is 23.8. The minimum Gasteiger partial charge on any atom is -0.352 e. The zero-order valence-electron chi connectivity index (χ0n) is 20.8. The van der Waals surface area contributed by atoms with Crippen molar-refractivity contribution in [1.29, 1.82) is 0 Å². The molecule has 1 aliphatic carbocycles. The Bertz CT molecular complexity index is 913.